The van der Waals surface area contributed by atoms with E-state index in [2.05, 4.69) is 9.79 Å². The second kappa shape index (κ2) is 7.43. The van der Waals surface area contributed by atoms with Gasteiger partial charge in [0.25, 0.3) is 9.84 Å². The number of nitrogens with zero attached hydrogens (tertiary/aromatic N) is 3. The fourth-order valence-corrected chi connectivity index (χ4v) is 2.86. The van der Waals surface area contributed by atoms with Crippen molar-refractivity contribution in [3.05, 3.63) is 35.5 Å². The zero-order valence-corrected chi connectivity index (χ0v) is 13.6. The van der Waals surface area contributed by atoms with E-state index in [0.717, 1.165) is 0 Å². The maximum Gasteiger partial charge on any atom is 0.415 e. The van der Waals surface area contributed by atoms with Crippen molar-refractivity contribution in [1.82, 2.24) is 10.1 Å². The van der Waals surface area contributed by atoms with Crippen LogP contribution in [0, 0.1) is 5.21 Å². The molecule has 10 heteroatoms. The lowest BCUT2D eigenvalue weighted by molar-refractivity contribution is -0.832. The maximum atomic E-state index is 12.4. The Labute approximate surface area is 134 Å². The van der Waals surface area contributed by atoms with E-state index in [1.54, 1.807) is 18.2 Å². The second-order valence-corrected chi connectivity index (χ2v) is 6.37. The third-order valence-corrected chi connectivity index (χ3v) is 4.36. The molecular formula is C12H16ClN3O5S. The average Bonchev–Trinajstić information content (AvgIpc) is 2.81. The minimum absolute atomic E-state index is 0. The summed E-state index contributed by atoms with van der Waals surface area (Å²) in [7, 11) is -0.382. The lowest BCUT2D eigenvalue weighted by Crippen LogP contribution is -2.31. The molecule has 0 atom stereocenters. The Hall–Kier alpha value is -1.84. The van der Waals surface area contributed by atoms with Crippen LogP contribution in [-0.4, -0.2) is 45.7 Å². The maximum absolute atomic E-state index is 12.4. The average molecular weight is 350 g/mol. The molecule has 0 aliphatic carbocycles. The van der Waals surface area contributed by atoms with Crippen molar-refractivity contribution in [3.8, 4) is 5.88 Å². The van der Waals surface area contributed by atoms with E-state index >= 15 is 0 Å². The Morgan fingerprint density at radius 2 is 1.95 bits per heavy atom. The summed E-state index contributed by atoms with van der Waals surface area (Å²) in [6.45, 7) is 0.716. The normalized spacial score (nSPS) is 11.2. The first-order valence-electron chi connectivity index (χ1n) is 6.10. The molecule has 0 unspecified atom stereocenters. The number of sulfone groups is 1. The van der Waals surface area contributed by atoms with Gasteiger partial charge >= 0.3 is 10.9 Å². The summed E-state index contributed by atoms with van der Waals surface area (Å²) >= 11 is 0. The molecule has 122 valence electrons. The highest BCUT2D eigenvalue weighted by Gasteiger charge is 2.35. The lowest BCUT2D eigenvalue weighted by Gasteiger charge is -2.08. The lowest BCUT2D eigenvalue weighted by atomic mass is 10.4. The number of halogens is 1. The minimum Gasteiger partial charge on any atom is -0.453 e. The van der Waals surface area contributed by atoms with Crippen molar-refractivity contribution in [1.29, 1.82) is 0 Å². The van der Waals surface area contributed by atoms with E-state index in [1.807, 2.05) is 19.0 Å². The van der Waals surface area contributed by atoms with E-state index in [0.29, 0.717) is 6.54 Å². The molecule has 8 nitrogen and oxygen atoms in total. The molecule has 22 heavy (non-hydrogen) atoms. The van der Waals surface area contributed by atoms with Crippen molar-refractivity contribution in [2.45, 2.75) is 9.92 Å². The molecule has 0 aliphatic heterocycles. The molecule has 0 amide bonds. The fraction of sp³-hybridized carbons (Fsp3) is 0.333. The molecule has 2 aromatic rings. The third-order valence-electron chi connectivity index (χ3n) is 2.63. The SMILES string of the molecule is CN(C)CCOc1no[n+]([O-])c1S(=O)(=O)c1ccccc1.Cl. The zero-order chi connectivity index (χ0) is 15.5. The molecule has 0 N–H and O–H groups in total. The van der Waals surface area contributed by atoms with Gasteiger partial charge in [0, 0.05) is 6.54 Å². The Bertz CT molecular complexity index is 703. The third kappa shape index (κ3) is 3.87. The number of likely N-dealkylation sites (N-methyl/N-ethyl adjacent to an activating group) is 1. The standard InChI is InChI=1S/C12H15N3O5S.ClH/c1-14(2)8-9-19-11-12(15(16)20-13-11)21(17,18)10-6-4-3-5-7-10;/h3-7H,8-9H2,1-2H3;1H. The van der Waals surface area contributed by atoms with Gasteiger partial charge in [-0.25, -0.2) is 8.42 Å². The van der Waals surface area contributed by atoms with Gasteiger partial charge in [0.1, 0.15) is 6.61 Å². The topological polar surface area (TPSA) is 99.6 Å². The van der Waals surface area contributed by atoms with Gasteiger partial charge in [0.2, 0.25) is 0 Å². The van der Waals surface area contributed by atoms with E-state index in [-0.39, 0.29) is 34.7 Å². The van der Waals surface area contributed by atoms with Crippen LogP contribution in [0.1, 0.15) is 0 Å². The Morgan fingerprint density at radius 3 is 2.55 bits per heavy atom. The van der Waals surface area contributed by atoms with Crippen LogP contribution in [-0.2, 0) is 9.84 Å². The summed E-state index contributed by atoms with van der Waals surface area (Å²) < 4.78 is 34.4. The van der Waals surface area contributed by atoms with Gasteiger partial charge in [0.05, 0.1) is 10.1 Å². The summed E-state index contributed by atoms with van der Waals surface area (Å²) in [4.78, 5) is 1.65. The first-order chi connectivity index (χ1) is 9.93. The molecule has 1 heterocycles. The zero-order valence-electron chi connectivity index (χ0n) is 12.0. The van der Waals surface area contributed by atoms with Crippen molar-refractivity contribution < 1.29 is 22.7 Å². The molecule has 0 radical (unpaired) electrons. The Kier molecular flexibility index (Phi) is 6.15. The van der Waals surface area contributed by atoms with Gasteiger partial charge in [0.15, 0.2) is 0 Å². The van der Waals surface area contributed by atoms with E-state index in [1.165, 1.54) is 12.1 Å². The first-order valence-corrected chi connectivity index (χ1v) is 7.58. The summed E-state index contributed by atoms with van der Waals surface area (Å²) in [5.41, 5.74) is 0. The molecule has 0 fully saturated rings. The molecule has 0 saturated heterocycles. The largest absolute Gasteiger partial charge is 0.453 e. The fourth-order valence-electron chi connectivity index (χ4n) is 1.57. The molecule has 0 spiro atoms. The number of benzene rings is 1. The van der Waals surface area contributed by atoms with Crippen LogP contribution < -0.4 is 9.64 Å². The van der Waals surface area contributed by atoms with Crippen molar-refractivity contribution in [2.24, 2.45) is 0 Å². The van der Waals surface area contributed by atoms with E-state index in [9.17, 15) is 13.6 Å². The highest BCUT2D eigenvalue weighted by Crippen LogP contribution is 2.24. The molecule has 2 rings (SSSR count). The molecule has 0 aliphatic rings. The number of rotatable bonds is 6. The molecule has 0 bridgehead atoms. The number of aromatic nitrogens is 2. The second-order valence-electron chi connectivity index (χ2n) is 4.51. The van der Waals surface area contributed by atoms with E-state index < -0.39 is 14.9 Å². The van der Waals surface area contributed by atoms with Crippen LogP contribution in [0.25, 0.3) is 0 Å². The van der Waals surface area contributed by atoms with E-state index in [4.69, 9.17) is 4.74 Å². The van der Waals surface area contributed by atoms with Crippen LogP contribution >= 0.6 is 12.4 Å². The Balaban J connectivity index is 0.00000242. The van der Waals surface area contributed by atoms with Crippen LogP contribution in [0.15, 0.2) is 44.9 Å². The predicted octanol–water partition coefficient (Wildman–Crippen LogP) is 0.503. The summed E-state index contributed by atoms with van der Waals surface area (Å²) in [5.74, 6) is -0.337. The van der Waals surface area contributed by atoms with Crippen LogP contribution in [0.5, 0.6) is 5.88 Å². The van der Waals surface area contributed by atoms with Crippen LogP contribution in [0.2, 0.25) is 0 Å². The molecule has 1 aromatic heterocycles. The van der Waals surface area contributed by atoms with Crippen molar-refractivity contribution in [2.75, 3.05) is 27.2 Å². The van der Waals surface area contributed by atoms with Crippen molar-refractivity contribution >= 4 is 22.2 Å². The number of hydrogen-bond donors (Lipinski definition) is 0. The predicted molar refractivity (Wildman–Crippen MR) is 78.7 cm³/mol. The van der Waals surface area contributed by atoms with Crippen molar-refractivity contribution in [3.63, 3.8) is 0 Å². The molecule has 0 saturated carbocycles. The van der Waals surface area contributed by atoms with Gasteiger partial charge in [-0.2, -0.15) is 0 Å². The van der Waals surface area contributed by atoms with Crippen LogP contribution in [0.3, 0.4) is 0 Å². The van der Waals surface area contributed by atoms with Gasteiger partial charge in [-0.15, -0.1) is 12.4 Å². The smallest absolute Gasteiger partial charge is 0.415 e. The Morgan fingerprint density at radius 1 is 1.32 bits per heavy atom. The first kappa shape index (κ1) is 18.2. The van der Waals surface area contributed by atoms with Gasteiger partial charge < -0.3 is 14.8 Å². The number of ether oxygens (including phenoxy) is 1. The number of hydrogen-bond acceptors (Lipinski definition) is 7. The highest BCUT2D eigenvalue weighted by atomic mass is 35.5. The molecule has 1 aromatic carbocycles. The van der Waals surface area contributed by atoms with Crippen LogP contribution in [0.4, 0.5) is 0 Å². The molecular weight excluding hydrogens is 334 g/mol. The van der Waals surface area contributed by atoms with Gasteiger partial charge in [-0.05, 0) is 31.1 Å². The van der Waals surface area contributed by atoms with Gasteiger partial charge in [-0.1, -0.05) is 18.2 Å². The summed E-state index contributed by atoms with van der Waals surface area (Å²) in [6.07, 6.45) is 0. The quantitative estimate of drug-likeness (QED) is 0.700. The summed E-state index contributed by atoms with van der Waals surface area (Å²) in [6, 6.07) is 7.55. The minimum atomic E-state index is -4.05. The monoisotopic (exact) mass is 349 g/mol. The highest BCUT2D eigenvalue weighted by molar-refractivity contribution is 7.91. The van der Waals surface area contributed by atoms with Gasteiger partial charge in [-0.3, -0.25) is 4.63 Å². The summed E-state index contributed by atoms with van der Waals surface area (Å²) in [5, 5.41) is 14.3.